The van der Waals surface area contributed by atoms with Crippen molar-refractivity contribution in [3.8, 4) is 11.1 Å². The van der Waals surface area contributed by atoms with E-state index in [9.17, 15) is 8.42 Å². The van der Waals surface area contributed by atoms with Crippen LogP contribution in [0.25, 0.3) is 22.2 Å². The van der Waals surface area contributed by atoms with E-state index in [1.165, 1.54) is 10.2 Å². The molecule has 4 aromatic rings. The van der Waals surface area contributed by atoms with E-state index in [1.807, 2.05) is 24.3 Å². The zero-order chi connectivity index (χ0) is 19.0. The lowest BCUT2D eigenvalue weighted by Crippen LogP contribution is -2.12. The Bertz CT molecular complexity index is 1230. The Morgan fingerprint density at radius 2 is 1.81 bits per heavy atom. The maximum absolute atomic E-state index is 13.2. The first-order chi connectivity index (χ1) is 13.0. The SMILES string of the molecule is NCc1cccc(-c2cn(S(=O)(=O)c3ccccc3)c3nccc(Cl)c23)c1. The lowest BCUT2D eigenvalue weighted by molar-refractivity contribution is 0.589. The molecular formula is C20H16ClN3O2S. The summed E-state index contributed by atoms with van der Waals surface area (Å²) in [6, 6.07) is 17.5. The highest BCUT2D eigenvalue weighted by Crippen LogP contribution is 2.36. The van der Waals surface area contributed by atoms with Crippen molar-refractivity contribution in [2.45, 2.75) is 11.4 Å². The van der Waals surface area contributed by atoms with Crippen LogP contribution in [0.3, 0.4) is 0 Å². The molecule has 0 saturated heterocycles. The first-order valence-electron chi connectivity index (χ1n) is 8.28. The number of nitrogens with two attached hydrogens (primary N) is 1. The Morgan fingerprint density at radius 3 is 2.56 bits per heavy atom. The summed E-state index contributed by atoms with van der Waals surface area (Å²) in [5, 5.41) is 1.03. The molecular weight excluding hydrogens is 382 g/mol. The predicted octanol–water partition coefficient (Wildman–Crippen LogP) is 4.05. The van der Waals surface area contributed by atoms with Gasteiger partial charge in [0.1, 0.15) is 0 Å². The summed E-state index contributed by atoms with van der Waals surface area (Å²) in [6.45, 7) is 0.390. The number of hydrogen-bond donors (Lipinski definition) is 1. The van der Waals surface area contributed by atoms with Crippen LogP contribution < -0.4 is 5.73 Å². The quantitative estimate of drug-likeness (QED) is 0.563. The molecule has 0 amide bonds. The van der Waals surface area contributed by atoms with Gasteiger partial charge in [-0.05, 0) is 35.4 Å². The minimum atomic E-state index is -3.81. The zero-order valence-electron chi connectivity index (χ0n) is 14.2. The second-order valence-electron chi connectivity index (χ2n) is 6.05. The second-order valence-corrected chi connectivity index (χ2v) is 8.27. The third-order valence-corrected chi connectivity index (χ3v) is 6.36. The first kappa shape index (κ1) is 17.7. The van der Waals surface area contributed by atoms with Crippen LogP contribution in [0, 0.1) is 0 Å². The Kier molecular flexibility index (Phi) is 4.47. The predicted molar refractivity (Wildman–Crippen MR) is 107 cm³/mol. The van der Waals surface area contributed by atoms with Gasteiger partial charge in [-0.15, -0.1) is 0 Å². The van der Waals surface area contributed by atoms with Gasteiger partial charge in [0.2, 0.25) is 0 Å². The average molecular weight is 398 g/mol. The Hall–Kier alpha value is -2.67. The Morgan fingerprint density at radius 1 is 1.04 bits per heavy atom. The van der Waals surface area contributed by atoms with Crippen LogP contribution in [0.1, 0.15) is 5.56 Å². The van der Waals surface area contributed by atoms with Crippen molar-refractivity contribution in [2.75, 3.05) is 0 Å². The van der Waals surface area contributed by atoms with Crippen molar-refractivity contribution < 1.29 is 8.42 Å². The highest BCUT2D eigenvalue weighted by atomic mass is 35.5. The maximum atomic E-state index is 13.2. The third-order valence-electron chi connectivity index (χ3n) is 4.38. The zero-order valence-corrected chi connectivity index (χ0v) is 15.8. The summed E-state index contributed by atoms with van der Waals surface area (Å²) in [7, 11) is -3.81. The van der Waals surface area contributed by atoms with E-state index in [1.54, 1.807) is 42.6 Å². The molecule has 5 nitrogen and oxygen atoms in total. The van der Waals surface area contributed by atoms with E-state index in [-0.39, 0.29) is 4.90 Å². The van der Waals surface area contributed by atoms with Crippen LogP contribution in [-0.4, -0.2) is 17.4 Å². The van der Waals surface area contributed by atoms with Crippen molar-refractivity contribution in [3.63, 3.8) is 0 Å². The molecule has 0 spiro atoms. The normalized spacial score (nSPS) is 11.8. The smallest absolute Gasteiger partial charge is 0.269 e. The van der Waals surface area contributed by atoms with Crippen LogP contribution in [0.5, 0.6) is 0 Å². The van der Waals surface area contributed by atoms with Gasteiger partial charge in [0.15, 0.2) is 5.65 Å². The number of benzene rings is 2. The molecule has 0 saturated carbocycles. The fraction of sp³-hybridized carbons (Fsp3) is 0.0500. The highest BCUT2D eigenvalue weighted by molar-refractivity contribution is 7.90. The molecule has 0 fully saturated rings. The van der Waals surface area contributed by atoms with Crippen LogP contribution in [0.4, 0.5) is 0 Å². The Balaban J connectivity index is 2.03. The van der Waals surface area contributed by atoms with Gasteiger partial charge >= 0.3 is 0 Å². The van der Waals surface area contributed by atoms with Crippen LogP contribution in [-0.2, 0) is 16.6 Å². The summed E-state index contributed by atoms with van der Waals surface area (Å²) in [5.74, 6) is 0. The lowest BCUT2D eigenvalue weighted by atomic mass is 10.0. The summed E-state index contributed by atoms with van der Waals surface area (Å²) < 4.78 is 27.6. The molecule has 4 rings (SSSR count). The molecule has 2 aromatic heterocycles. The number of rotatable bonds is 4. The molecule has 0 unspecified atom stereocenters. The third kappa shape index (κ3) is 3.02. The lowest BCUT2D eigenvalue weighted by Gasteiger charge is -2.06. The molecule has 0 bridgehead atoms. The van der Waals surface area contributed by atoms with Crippen LogP contribution >= 0.6 is 11.6 Å². The van der Waals surface area contributed by atoms with Crippen LogP contribution in [0.2, 0.25) is 5.02 Å². The molecule has 2 N–H and O–H groups in total. The topological polar surface area (TPSA) is 78.0 Å². The first-order valence-corrected chi connectivity index (χ1v) is 10.1. The molecule has 7 heteroatoms. The average Bonchev–Trinajstić information content (AvgIpc) is 3.11. The molecule has 0 atom stereocenters. The van der Waals surface area contributed by atoms with Crippen molar-refractivity contribution >= 4 is 32.7 Å². The standard InChI is InChI=1S/C20H16ClN3O2S/c21-18-9-10-23-20-19(18)17(15-6-4-5-14(11-15)12-22)13-24(20)27(25,26)16-7-2-1-3-8-16/h1-11,13H,12,22H2. The van der Waals surface area contributed by atoms with Gasteiger partial charge in [-0.2, -0.15) is 0 Å². The fourth-order valence-electron chi connectivity index (χ4n) is 3.06. The number of nitrogens with zero attached hydrogens (tertiary/aromatic N) is 2. The van der Waals surface area contributed by atoms with Gasteiger partial charge < -0.3 is 5.73 Å². The minimum absolute atomic E-state index is 0.186. The van der Waals surface area contributed by atoms with Gasteiger partial charge in [0, 0.05) is 29.9 Å². The van der Waals surface area contributed by atoms with Gasteiger partial charge in [0.05, 0.1) is 9.92 Å². The summed E-state index contributed by atoms with van der Waals surface area (Å²) in [5.41, 5.74) is 8.51. The molecule has 0 aliphatic rings. The van der Waals surface area contributed by atoms with E-state index >= 15 is 0 Å². The van der Waals surface area contributed by atoms with E-state index in [2.05, 4.69) is 4.98 Å². The summed E-state index contributed by atoms with van der Waals surface area (Å²) in [4.78, 5) is 4.48. The van der Waals surface area contributed by atoms with E-state index in [0.29, 0.717) is 28.2 Å². The van der Waals surface area contributed by atoms with Crippen LogP contribution in [0.15, 0.2) is 78.0 Å². The van der Waals surface area contributed by atoms with Crippen molar-refractivity contribution in [1.82, 2.24) is 8.96 Å². The Labute approximate surface area is 162 Å². The molecule has 0 radical (unpaired) electrons. The highest BCUT2D eigenvalue weighted by Gasteiger charge is 2.23. The largest absolute Gasteiger partial charge is 0.326 e. The summed E-state index contributed by atoms with van der Waals surface area (Å²) >= 11 is 6.42. The van der Waals surface area contributed by atoms with Gasteiger partial charge in [-0.1, -0.05) is 48.0 Å². The van der Waals surface area contributed by atoms with Gasteiger partial charge in [-0.3, -0.25) is 0 Å². The van der Waals surface area contributed by atoms with E-state index in [4.69, 9.17) is 17.3 Å². The van der Waals surface area contributed by atoms with E-state index in [0.717, 1.165) is 11.1 Å². The molecule has 2 heterocycles. The number of pyridine rings is 1. The maximum Gasteiger partial charge on any atom is 0.269 e. The summed E-state index contributed by atoms with van der Waals surface area (Å²) in [6.07, 6.45) is 3.07. The van der Waals surface area contributed by atoms with Crippen molar-refractivity contribution in [1.29, 1.82) is 0 Å². The molecule has 2 aromatic carbocycles. The fourth-order valence-corrected chi connectivity index (χ4v) is 4.64. The number of hydrogen-bond acceptors (Lipinski definition) is 4. The van der Waals surface area contributed by atoms with E-state index < -0.39 is 10.0 Å². The molecule has 27 heavy (non-hydrogen) atoms. The molecule has 0 aliphatic carbocycles. The number of halogens is 1. The second kappa shape index (κ2) is 6.81. The number of fused-ring (bicyclic) bond motifs is 1. The van der Waals surface area contributed by atoms with Crippen molar-refractivity contribution in [3.05, 3.63) is 83.6 Å². The van der Waals surface area contributed by atoms with Gasteiger partial charge in [-0.25, -0.2) is 17.4 Å². The minimum Gasteiger partial charge on any atom is -0.326 e. The van der Waals surface area contributed by atoms with Crippen molar-refractivity contribution in [2.24, 2.45) is 5.73 Å². The monoisotopic (exact) mass is 397 g/mol. The van der Waals surface area contributed by atoms with Gasteiger partial charge in [0.25, 0.3) is 10.0 Å². The molecule has 136 valence electrons. The molecule has 0 aliphatic heterocycles. The number of aromatic nitrogens is 2.